The summed E-state index contributed by atoms with van der Waals surface area (Å²) in [7, 11) is 2.02. The largest absolute Gasteiger partial charge is 0.348 e. The first-order chi connectivity index (χ1) is 14.5. The smallest absolute Gasteiger partial charge is 0.241 e. The second-order valence-electron chi connectivity index (χ2n) is 7.62. The molecule has 3 heterocycles. The lowest BCUT2D eigenvalue weighted by molar-refractivity contribution is -0.117. The van der Waals surface area contributed by atoms with E-state index in [1.807, 2.05) is 43.4 Å². The number of benzene rings is 2. The molecule has 7 nitrogen and oxygen atoms in total. The number of nitrogens with one attached hydrogen (secondary N) is 2. The van der Waals surface area contributed by atoms with E-state index in [0.29, 0.717) is 12.1 Å². The van der Waals surface area contributed by atoms with E-state index in [-0.39, 0.29) is 5.91 Å². The molecule has 3 aromatic heterocycles. The Balaban J connectivity index is 1.55. The minimum Gasteiger partial charge on any atom is -0.348 e. The molecule has 1 amide bonds. The van der Waals surface area contributed by atoms with Crippen molar-refractivity contribution in [2.24, 2.45) is 12.8 Å². The van der Waals surface area contributed by atoms with Crippen molar-refractivity contribution >= 4 is 44.4 Å². The molecule has 0 aliphatic heterocycles. The Kier molecular flexibility index (Phi) is 4.25. The number of imidazole rings is 1. The van der Waals surface area contributed by atoms with Gasteiger partial charge < -0.3 is 20.6 Å². The third-order valence-corrected chi connectivity index (χ3v) is 5.68. The van der Waals surface area contributed by atoms with Crippen molar-refractivity contribution in [2.75, 3.05) is 5.32 Å². The van der Waals surface area contributed by atoms with Crippen molar-refractivity contribution in [2.45, 2.75) is 19.4 Å². The van der Waals surface area contributed by atoms with Gasteiger partial charge in [-0.05, 0) is 36.8 Å². The molecule has 5 aromatic rings. The van der Waals surface area contributed by atoms with Gasteiger partial charge in [0.2, 0.25) is 5.91 Å². The number of para-hydroxylation sites is 1. The number of aryl methyl sites for hydroxylation is 2. The summed E-state index contributed by atoms with van der Waals surface area (Å²) in [5.74, 6) is -0.232. The maximum atomic E-state index is 12.6. The molecule has 0 unspecified atom stereocenters. The van der Waals surface area contributed by atoms with Crippen LogP contribution in [0.15, 0.2) is 55.0 Å². The third kappa shape index (κ3) is 2.91. The highest BCUT2D eigenvalue weighted by atomic mass is 16.2. The number of pyridine rings is 1. The van der Waals surface area contributed by atoms with Crippen LogP contribution >= 0.6 is 0 Å². The normalized spacial score (nSPS) is 12.6. The molecule has 150 valence electrons. The van der Waals surface area contributed by atoms with E-state index >= 15 is 0 Å². The molecule has 0 spiro atoms. The predicted octanol–water partition coefficient (Wildman–Crippen LogP) is 3.42. The number of amides is 1. The average molecular weight is 398 g/mol. The van der Waals surface area contributed by atoms with Crippen molar-refractivity contribution in [1.82, 2.24) is 19.5 Å². The van der Waals surface area contributed by atoms with Gasteiger partial charge in [-0.3, -0.25) is 4.79 Å². The first-order valence-corrected chi connectivity index (χ1v) is 9.84. The number of carbonyl (C=O) groups excluding carboxylic acids is 1. The topological polar surface area (TPSA) is 102 Å². The van der Waals surface area contributed by atoms with E-state index in [9.17, 15) is 4.79 Å². The van der Waals surface area contributed by atoms with E-state index in [4.69, 9.17) is 10.7 Å². The number of rotatable bonds is 4. The molecule has 0 aliphatic rings. The fraction of sp³-hybridized carbons (Fsp3) is 0.174. The van der Waals surface area contributed by atoms with Gasteiger partial charge in [0.05, 0.1) is 23.4 Å². The van der Waals surface area contributed by atoms with Crippen LogP contribution in [-0.2, 0) is 18.3 Å². The van der Waals surface area contributed by atoms with Gasteiger partial charge in [0, 0.05) is 47.2 Å². The zero-order valence-electron chi connectivity index (χ0n) is 16.8. The third-order valence-electron chi connectivity index (χ3n) is 5.68. The molecule has 0 radical (unpaired) electrons. The number of carbonyl (C=O) groups is 1. The first kappa shape index (κ1) is 18.3. The molecule has 0 bridgehead atoms. The van der Waals surface area contributed by atoms with Crippen LogP contribution in [0.5, 0.6) is 0 Å². The number of H-pyrrole nitrogens is 1. The lowest BCUT2D eigenvalue weighted by Gasteiger charge is -2.11. The molecular weight excluding hydrogens is 376 g/mol. The maximum absolute atomic E-state index is 12.6. The van der Waals surface area contributed by atoms with Gasteiger partial charge >= 0.3 is 0 Å². The number of nitrogens with zero attached hydrogens (tertiary/aromatic N) is 3. The summed E-state index contributed by atoms with van der Waals surface area (Å²) in [6, 6.07) is 13.4. The van der Waals surface area contributed by atoms with Crippen LogP contribution in [0.2, 0.25) is 0 Å². The first-order valence-electron chi connectivity index (χ1n) is 9.84. The highest BCUT2D eigenvalue weighted by Crippen LogP contribution is 2.34. The van der Waals surface area contributed by atoms with Crippen molar-refractivity contribution in [1.29, 1.82) is 0 Å². The van der Waals surface area contributed by atoms with E-state index in [1.54, 1.807) is 12.5 Å². The molecule has 0 saturated heterocycles. The van der Waals surface area contributed by atoms with Crippen LogP contribution in [-0.4, -0.2) is 31.5 Å². The van der Waals surface area contributed by atoms with Crippen LogP contribution in [0, 0.1) is 6.92 Å². The van der Waals surface area contributed by atoms with E-state index in [0.717, 1.165) is 38.5 Å². The lowest BCUT2D eigenvalue weighted by atomic mass is 10.0. The summed E-state index contributed by atoms with van der Waals surface area (Å²) in [6.07, 6.45) is 3.65. The minimum atomic E-state index is -0.666. The molecule has 0 saturated carbocycles. The molecule has 30 heavy (non-hydrogen) atoms. The van der Waals surface area contributed by atoms with Crippen LogP contribution in [0.4, 0.5) is 5.69 Å². The van der Waals surface area contributed by atoms with Gasteiger partial charge in [0.1, 0.15) is 5.65 Å². The van der Waals surface area contributed by atoms with Crippen molar-refractivity contribution in [3.8, 4) is 0 Å². The van der Waals surface area contributed by atoms with Crippen LogP contribution in [0.3, 0.4) is 0 Å². The zero-order chi connectivity index (χ0) is 20.8. The zero-order valence-corrected chi connectivity index (χ0v) is 16.8. The monoisotopic (exact) mass is 398 g/mol. The number of aromatic nitrogens is 4. The summed E-state index contributed by atoms with van der Waals surface area (Å²) in [4.78, 5) is 24.4. The number of hydrogen-bond acceptors (Lipinski definition) is 4. The predicted molar refractivity (Wildman–Crippen MR) is 119 cm³/mol. The Morgan fingerprint density at radius 2 is 2.07 bits per heavy atom. The molecule has 0 fully saturated rings. The molecule has 5 rings (SSSR count). The van der Waals surface area contributed by atoms with Gasteiger partial charge in [-0.25, -0.2) is 9.97 Å². The fourth-order valence-electron chi connectivity index (χ4n) is 4.11. The Morgan fingerprint density at radius 3 is 2.87 bits per heavy atom. The van der Waals surface area contributed by atoms with Crippen molar-refractivity contribution in [3.63, 3.8) is 0 Å². The quantitative estimate of drug-likeness (QED) is 0.432. The maximum Gasteiger partial charge on any atom is 0.241 e. The van der Waals surface area contributed by atoms with Gasteiger partial charge in [-0.1, -0.05) is 18.2 Å². The second-order valence-corrected chi connectivity index (χ2v) is 7.62. The molecule has 0 aliphatic carbocycles. The van der Waals surface area contributed by atoms with Crippen molar-refractivity contribution in [3.05, 3.63) is 66.2 Å². The van der Waals surface area contributed by atoms with Crippen LogP contribution in [0.25, 0.3) is 32.8 Å². The molecule has 7 heteroatoms. The van der Waals surface area contributed by atoms with Crippen LogP contribution < -0.4 is 11.1 Å². The summed E-state index contributed by atoms with van der Waals surface area (Å²) < 4.78 is 2.10. The Labute approximate surface area is 172 Å². The van der Waals surface area contributed by atoms with E-state index < -0.39 is 6.04 Å². The van der Waals surface area contributed by atoms with Gasteiger partial charge in [0.15, 0.2) is 0 Å². The Hall–Kier alpha value is -3.71. The van der Waals surface area contributed by atoms with E-state index in [1.165, 1.54) is 5.56 Å². The fourth-order valence-corrected chi connectivity index (χ4v) is 4.11. The number of fused-ring (bicyclic) bond motifs is 4. The SMILES string of the molecule is Cc1c2ccccc2nc2c1c1cc(NC(=O)[C@@H](N)Cc3cnc[nH]3)ccc1n2C. The van der Waals surface area contributed by atoms with E-state index in [2.05, 4.69) is 32.8 Å². The Bertz CT molecular complexity index is 1400. The highest BCUT2D eigenvalue weighted by molar-refractivity contribution is 6.13. The summed E-state index contributed by atoms with van der Waals surface area (Å²) in [6.45, 7) is 2.12. The molecular formula is C23H22N6O. The molecule has 4 N–H and O–H groups in total. The summed E-state index contributed by atoms with van der Waals surface area (Å²) in [5.41, 5.74) is 11.8. The number of hydrogen-bond donors (Lipinski definition) is 3. The average Bonchev–Trinajstić information content (AvgIpc) is 3.35. The van der Waals surface area contributed by atoms with Crippen LogP contribution in [0.1, 0.15) is 11.3 Å². The number of anilines is 1. The highest BCUT2D eigenvalue weighted by Gasteiger charge is 2.18. The van der Waals surface area contributed by atoms with Gasteiger partial charge in [-0.2, -0.15) is 0 Å². The molecule has 2 aromatic carbocycles. The number of aromatic amines is 1. The minimum absolute atomic E-state index is 0.232. The van der Waals surface area contributed by atoms with Gasteiger partial charge in [0.25, 0.3) is 0 Å². The lowest BCUT2D eigenvalue weighted by Crippen LogP contribution is -2.37. The van der Waals surface area contributed by atoms with Crippen molar-refractivity contribution < 1.29 is 4.79 Å². The second kappa shape index (κ2) is 6.96. The summed E-state index contributed by atoms with van der Waals surface area (Å²) >= 11 is 0. The summed E-state index contributed by atoms with van der Waals surface area (Å²) in [5, 5.41) is 6.24. The number of nitrogens with two attached hydrogens (primary N) is 1. The standard InChI is InChI=1S/C23H22N6O/c1-13-16-5-3-4-6-19(16)28-22-21(13)17-9-14(7-8-20(17)29(22)2)27-23(30)18(24)10-15-11-25-12-26-15/h3-9,11-12,18H,10,24H2,1-2H3,(H,25,26)(H,27,30)/t18-/m0/s1. The Morgan fingerprint density at radius 1 is 1.23 bits per heavy atom. The van der Waals surface area contributed by atoms with Gasteiger partial charge in [-0.15, -0.1) is 0 Å². The molecule has 1 atom stereocenters.